The Hall–Kier alpha value is -3.22. The number of hydrogen-bond donors (Lipinski definition) is 1. The predicted molar refractivity (Wildman–Crippen MR) is 117 cm³/mol. The van der Waals surface area contributed by atoms with Gasteiger partial charge in [0.25, 0.3) is 5.91 Å². The number of aromatic nitrogens is 3. The molecule has 2 aromatic heterocycles. The van der Waals surface area contributed by atoms with Crippen molar-refractivity contribution in [3.05, 3.63) is 57.1 Å². The van der Waals surface area contributed by atoms with Crippen LogP contribution in [0, 0.1) is 11.3 Å². The molecule has 2 heterocycles. The fourth-order valence-electron chi connectivity index (χ4n) is 2.88. The lowest BCUT2D eigenvalue weighted by atomic mass is 10.1. The maximum absolute atomic E-state index is 12.5. The summed E-state index contributed by atoms with van der Waals surface area (Å²) in [4.78, 5) is 27.8. The summed E-state index contributed by atoms with van der Waals surface area (Å²) in [6, 6.07) is 8.81. The Labute approximate surface area is 188 Å². The maximum atomic E-state index is 12.5. The Morgan fingerprint density at radius 3 is 2.81 bits per heavy atom. The first-order chi connectivity index (χ1) is 14.8. The largest absolute Gasteiger partial charge is 0.455 e. The first-order valence-corrected chi connectivity index (χ1v) is 10.7. The van der Waals surface area contributed by atoms with Crippen LogP contribution in [0.2, 0.25) is 5.02 Å². The highest BCUT2D eigenvalue weighted by molar-refractivity contribution is 7.09. The number of carbonyl (C=O) groups excluding carboxylic acids is 2. The smallest absolute Gasteiger partial charge is 0.303 e. The summed E-state index contributed by atoms with van der Waals surface area (Å²) < 4.78 is 6.81. The molecule has 8 nitrogen and oxygen atoms in total. The normalized spacial score (nSPS) is 12.6. The van der Waals surface area contributed by atoms with E-state index in [9.17, 15) is 9.59 Å². The molecule has 160 valence electrons. The van der Waals surface area contributed by atoms with Crippen LogP contribution in [0.5, 0.6) is 0 Å². The quantitative estimate of drug-likeness (QED) is 0.537. The second-order valence-electron chi connectivity index (χ2n) is 6.93. The number of nitrogens with zero attached hydrogens (tertiary/aromatic N) is 4. The molecule has 10 heteroatoms. The van der Waals surface area contributed by atoms with Gasteiger partial charge in [0.05, 0.1) is 22.8 Å². The number of halogens is 1. The van der Waals surface area contributed by atoms with Crippen molar-refractivity contribution in [3.8, 4) is 17.3 Å². The van der Waals surface area contributed by atoms with E-state index in [1.54, 1.807) is 35.2 Å². The SMILES string of the molecule is CC(=O)OC(C)c1nc(C(=O)NC(C)Cn2ccc(-c3ccc(C#N)c(Cl)c3)n2)cs1. The second kappa shape index (κ2) is 9.73. The minimum atomic E-state index is -0.500. The van der Waals surface area contributed by atoms with Gasteiger partial charge in [-0.15, -0.1) is 11.3 Å². The highest BCUT2D eigenvalue weighted by Gasteiger charge is 2.18. The molecular formula is C21H20ClN5O3S. The maximum Gasteiger partial charge on any atom is 0.303 e. The Bertz CT molecular complexity index is 1150. The number of ether oxygens (including phenoxy) is 1. The fourth-order valence-corrected chi connectivity index (χ4v) is 3.89. The zero-order chi connectivity index (χ0) is 22.5. The van der Waals surface area contributed by atoms with Crippen LogP contribution in [0.1, 0.15) is 47.9 Å². The van der Waals surface area contributed by atoms with Gasteiger partial charge >= 0.3 is 5.97 Å². The standard InChI is InChI=1S/C21H20ClN5O3S/c1-12(24-20(29)19-11-31-21(25-19)13(2)30-14(3)28)10-27-7-6-18(26-27)15-4-5-16(9-23)17(22)8-15/h4-8,11-13H,10H2,1-3H3,(H,24,29). The van der Waals surface area contributed by atoms with Crippen LogP contribution in [-0.2, 0) is 16.1 Å². The number of carbonyl (C=O) groups is 2. The van der Waals surface area contributed by atoms with Crippen molar-refractivity contribution in [2.24, 2.45) is 0 Å². The van der Waals surface area contributed by atoms with E-state index in [1.165, 1.54) is 18.3 Å². The van der Waals surface area contributed by atoms with Crippen LogP contribution in [0.4, 0.5) is 0 Å². The van der Waals surface area contributed by atoms with Gasteiger partial charge in [0.1, 0.15) is 16.8 Å². The monoisotopic (exact) mass is 457 g/mol. The molecule has 0 aliphatic carbocycles. The van der Waals surface area contributed by atoms with Gasteiger partial charge in [0.15, 0.2) is 6.10 Å². The van der Waals surface area contributed by atoms with Gasteiger partial charge in [0, 0.05) is 30.1 Å². The molecule has 0 aliphatic heterocycles. The Morgan fingerprint density at radius 1 is 1.35 bits per heavy atom. The van der Waals surface area contributed by atoms with E-state index in [0.29, 0.717) is 27.8 Å². The molecule has 0 saturated heterocycles. The molecule has 0 fully saturated rings. The van der Waals surface area contributed by atoms with E-state index in [0.717, 1.165) is 5.56 Å². The molecule has 0 aliphatic rings. The summed E-state index contributed by atoms with van der Waals surface area (Å²) in [5.74, 6) is -0.708. The van der Waals surface area contributed by atoms with Crippen LogP contribution in [0.3, 0.4) is 0 Å². The lowest BCUT2D eigenvalue weighted by molar-refractivity contribution is -0.145. The van der Waals surface area contributed by atoms with Gasteiger partial charge in [-0.3, -0.25) is 14.3 Å². The zero-order valence-corrected chi connectivity index (χ0v) is 18.7. The van der Waals surface area contributed by atoms with Crippen molar-refractivity contribution in [1.29, 1.82) is 5.26 Å². The average molecular weight is 458 g/mol. The number of rotatable bonds is 7. The van der Waals surface area contributed by atoms with Gasteiger partial charge in [-0.25, -0.2) is 4.98 Å². The average Bonchev–Trinajstić information content (AvgIpc) is 3.37. The van der Waals surface area contributed by atoms with Gasteiger partial charge < -0.3 is 10.1 Å². The van der Waals surface area contributed by atoms with E-state index in [-0.39, 0.29) is 17.6 Å². The van der Waals surface area contributed by atoms with E-state index in [1.807, 2.05) is 25.3 Å². The van der Waals surface area contributed by atoms with E-state index >= 15 is 0 Å². The molecule has 2 unspecified atom stereocenters. The van der Waals surface area contributed by atoms with Crippen molar-refractivity contribution < 1.29 is 14.3 Å². The number of nitriles is 1. The lowest BCUT2D eigenvalue weighted by Gasteiger charge is -2.13. The Balaban J connectivity index is 1.60. The van der Waals surface area contributed by atoms with Crippen LogP contribution in [0.15, 0.2) is 35.8 Å². The van der Waals surface area contributed by atoms with Crippen LogP contribution < -0.4 is 5.32 Å². The number of benzene rings is 1. The topological polar surface area (TPSA) is 110 Å². The molecule has 31 heavy (non-hydrogen) atoms. The summed E-state index contributed by atoms with van der Waals surface area (Å²) in [7, 11) is 0. The van der Waals surface area contributed by atoms with Crippen molar-refractivity contribution in [3.63, 3.8) is 0 Å². The molecule has 0 saturated carbocycles. The van der Waals surface area contributed by atoms with Crippen molar-refractivity contribution >= 4 is 34.8 Å². The highest BCUT2D eigenvalue weighted by atomic mass is 35.5. The molecule has 1 amide bonds. The predicted octanol–water partition coefficient (Wildman–Crippen LogP) is 3.97. The molecule has 0 bridgehead atoms. The Morgan fingerprint density at radius 2 is 2.13 bits per heavy atom. The Kier molecular flexibility index (Phi) is 7.05. The molecular weight excluding hydrogens is 438 g/mol. The third-order valence-corrected chi connectivity index (χ3v) is 5.63. The van der Waals surface area contributed by atoms with Gasteiger partial charge in [-0.05, 0) is 32.0 Å². The number of amides is 1. The molecule has 2 atom stereocenters. The van der Waals surface area contributed by atoms with Gasteiger partial charge in [0.2, 0.25) is 0 Å². The van der Waals surface area contributed by atoms with Gasteiger partial charge in [-0.1, -0.05) is 17.7 Å². The zero-order valence-electron chi connectivity index (χ0n) is 17.1. The van der Waals surface area contributed by atoms with Crippen LogP contribution in [0.25, 0.3) is 11.3 Å². The number of nitrogens with one attached hydrogen (secondary N) is 1. The highest BCUT2D eigenvalue weighted by Crippen LogP contribution is 2.24. The second-order valence-corrected chi connectivity index (χ2v) is 8.22. The van der Waals surface area contributed by atoms with Crippen molar-refractivity contribution in [2.45, 2.75) is 39.5 Å². The van der Waals surface area contributed by atoms with Crippen LogP contribution in [-0.4, -0.2) is 32.7 Å². The van der Waals surface area contributed by atoms with Gasteiger partial charge in [-0.2, -0.15) is 10.4 Å². The third-order valence-electron chi connectivity index (χ3n) is 4.31. The summed E-state index contributed by atoms with van der Waals surface area (Å²) in [5, 5.41) is 19.0. The van der Waals surface area contributed by atoms with E-state index in [4.69, 9.17) is 21.6 Å². The number of hydrogen-bond acceptors (Lipinski definition) is 7. The molecule has 1 N–H and O–H groups in total. The van der Waals surface area contributed by atoms with E-state index in [2.05, 4.69) is 15.4 Å². The first-order valence-electron chi connectivity index (χ1n) is 9.43. The molecule has 3 rings (SSSR count). The number of thiazole rings is 1. The van der Waals surface area contributed by atoms with E-state index < -0.39 is 12.1 Å². The molecule has 3 aromatic rings. The first kappa shape index (κ1) is 22.5. The molecule has 0 radical (unpaired) electrons. The minimum Gasteiger partial charge on any atom is -0.455 e. The summed E-state index contributed by atoms with van der Waals surface area (Å²) >= 11 is 7.36. The summed E-state index contributed by atoms with van der Waals surface area (Å²) in [6.07, 6.45) is 1.31. The third kappa shape index (κ3) is 5.69. The minimum absolute atomic E-state index is 0.208. The number of esters is 1. The van der Waals surface area contributed by atoms with Crippen LogP contribution >= 0.6 is 22.9 Å². The molecule has 0 spiro atoms. The summed E-state index contributed by atoms with van der Waals surface area (Å²) in [5.41, 5.74) is 2.21. The fraction of sp³-hybridized carbons (Fsp3) is 0.286. The summed E-state index contributed by atoms with van der Waals surface area (Å²) in [6.45, 7) is 5.36. The van der Waals surface area contributed by atoms with Crippen molar-refractivity contribution in [1.82, 2.24) is 20.1 Å². The lowest BCUT2D eigenvalue weighted by Crippen LogP contribution is -2.36. The molecule has 1 aromatic carbocycles. The van der Waals surface area contributed by atoms with Crippen molar-refractivity contribution in [2.75, 3.05) is 0 Å².